The summed E-state index contributed by atoms with van der Waals surface area (Å²) in [6.45, 7) is 1.71. The highest BCUT2D eigenvalue weighted by atomic mass is 79.9. The SMILES string of the molecule is O=C(C1CCN(S(=O)(=O)c2ccc(Br)cc2)CC1)N(Cc1ccccc1)Cc1ccc(Br)cc1. The molecule has 0 aromatic heterocycles. The molecule has 0 bridgehead atoms. The molecule has 34 heavy (non-hydrogen) atoms. The van der Waals surface area contributed by atoms with Gasteiger partial charge in [-0.1, -0.05) is 74.3 Å². The average Bonchev–Trinajstić information content (AvgIpc) is 2.85. The Kier molecular flexibility index (Phi) is 8.24. The van der Waals surface area contributed by atoms with Gasteiger partial charge in [-0.05, 0) is 60.4 Å². The van der Waals surface area contributed by atoms with Gasteiger partial charge in [0.15, 0.2) is 0 Å². The Balaban J connectivity index is 1.46. The number of piperidine rings is 1. The number of halogens is 2. The van der Waals surface area contributed by atoms with Crippen molar-refractivity contribution in [1.29, 1.82) is 0 Å². The van der Waals surface area contributed by atoms with Crippen molar-refractivity contribution in [2.24, 2.45) is 5.92 Å². The number of rotatable bonds is 7. The molecular formula is C26H26Br2N2O3S. The number of benzene rings is 3. The smallest absolute Gasteiger partial charge is 0.243 e. The van der Waals surface area contributed by atoms with Crippen molar-refractivity contribution in [3.63, 3.8) is 0 Å². The van der Waals surface area contributed by atoms with E-state index in [0.717, 1.165) is 20.1 Å². The Morgan fingerprint density at radius 3 is 1.85 bits per heavy atom. The van der Waals surface area contributed by atoms with E-state index in [1.54, 1.807) is 24.3 Å². The van der Waals surface area contributed by atoms with Crippen LogP contribution in [0.15, 0.2) is 92.7 Å². The number of sulfonamides is 1. The van der Waals surface area contributed by atoms with E-state index in [-0.39, 0.29) is 16.7 Å². The van der Waals surface area contributed by atoms with Gasteiger partial charge in [0, 0.05) is 41.0 Å². The highest BCUT2D eigenvalue weighted by Crippen LogP contribution is 2.27. The fraction of sp³-hybridized carbons (Fsp3) is 0.269. The molecule has 1 saturated heterocycles. The van der Waals surface area contributed by atoms with E-state index < -0.39 is 10.0 Å². The van der Waals surface area contributed by atoms with Gasteiger partial charge < -0.3 is 4.90 Å². The van der Waals surface area contributed by atoms with Crippen molar-refractivity contribution < 1.29 is 13.2 Å². The topological polar surface area (TPSA) is 57.7 Å². The molecule has 1 amide bonds. The molecule has 0 N–H and O–H groups in total. The lowest BCUT2D eigenvalue weighted by Gasteiger charge is -2.34. The molecule has 1 aliphatic rings. The highest BCUT2D eigenvalue weighted by molar-refractivity contribution is 9.10. The Bertz CT molecular complexity index is 1210. The minimum Gasteiger partial charge on any atom is -0.334 e. The van der Waals surface area contributed by atoms with Crippen LogP contribution in [0.5, 0.6) is 0 Å². The minimum absolute atomic E-state index is 0.0764. The largest absolute Gasteiger partial charge is 0.334 e. The van der Waals surface area contributed by atoms with E-state index in [0.29, 0.717) is 39.0 Å². The van der Waals surface area contributed by atoms with E-state index in [1.165, 1.54) is 4.31 Å². The number of amides is 1. The molecule has 0 saturated carbocycles. The maximum Gasteiger partial charge on any atom is 0.243 e. The quantitative estimate of drug-likeness (QED) is 0.340. The summed E-state index contributed by atoms with van der Waals surface area (Å²) in [5, 5.41) is 0. The number of carbonyl (C=O) groups excluding carboxylic acids is 1. The van der Waals surface area contributed by atoms with Crippen LogP contribution in [0.3, 0.4) is 0 Å². The summed E-state index contributed by atoms with van der Waals surface area (Å²) in [5.41, 5.74) is 2.13. The Morgan fingerprint density at radius 1 is 0.794 bits per heavy atom. The second-order valence-electron chi connectivity index (χ2n) is 8.44. The molecule has 1 aliphatic heterocycles. The van der Waals surface area contributed by atoms with Gasteiger partial charge in [-0.15, -0.1) is 0 Å². The van der Waals surface area contributed by atoms with Crippen LogP contribution in [0.4, 0.5) is 0 Å². The lowest BCUT2D eigenvalue weighted by molar-refractivity contribution is -0.138. The van der Waals surface area contributed by atoms with Gasteiger partial charge in [-0.25, -0.2) is 8.42 Å². The zero-order chi connectivity index (χ0) is 24.1. The van der Waals surface area contributed by atoms with Gasteiger partial charge in [0.1, 0.15) is 0 Å². The van der Waals surface area contributed by atoms with Gasteiger partial charge in [0.05, 0.1) is 4.90 Å². The Morgan fingerprint density at radius 2 is 1.29 bits per heavy atom. The van der Waals surface area contributed by atoms with Crippen LogP contribution in [0, 0.1) is 5.92 Å². The van der Waals surface area contributed by atoms with E-state index in [1.807, 2.05) is 59.5 Å². The molecule has 5 nitrogen and oxygen atoms in total. The first-order valence-electron chi connectivity index (χ1n) is 11.2. The summed E-state index contributed by atoms with van der Waals surface area (Å²) >= 11 is 6.81. The molecule has 1 heterocycles. The third-order valence-electron chi connectivity index (χ3n) is 6.07. The second kappa shape index (κ2) is 11.2. The van der Waals surface area contributed by atoms with E-state index in [4.69, 9.17) is 0 Å². The predicted octanol–water partition coefficient (Wildman–Crippen LogP) is 5.84. The van der Waals surface area contributed by atoms with Gasteiger partial charge >= 0.3 is 0 Å². The number of hydrogen-bond donors (Lipinski definition) is 0. The monoisotopic (exact) mass is 604 g/mol. The summed E-state index contributed by atoms with van der Waals surface area (Å²) in [5.74, 6) is -0.122. The first-order valence-corrected chi connectivity index (χ1v) is 14.2. The second-order valence-corrected chi connectivity index (χ2v) is 12.2. The van der Waals surface area contributed by atoms with Crippen LogP contribution < -0.4 is 0 Å². The number of nitrogens with zero attached hydrogens (tertiary/aromatic N) is 2. The molecule has 8 heteroatoms. The normalized spacial score (nSPS) is 15.2. The van der Waals surface area contributed by atoms with Crippen molar-refractivity contribution in [3.05, 3.63) is 98.9 Å². The number of hydrogen-bond acceptors (Lipinski definition) is 3. The van der Waals surface area contributed by atoms with Crippen molar-refractivity contribution in [3.8, 4) is 0 Å². The molecule has 4 rings (SSSR count). The molecule has 3 aromatic rings. The van der Waals surface area contributed by atoms with E-state index >= 15 is 0 Å². The standard InChI is InChI=1S/C26H26Br2N2O3S/c27-23-8-6-21(7-9-23)19-29(18-20-4-2-1-3-5-20)26(31)22-14-16-30(17-15-22)34(32,33)25-12-10-24(28)11-13-25/h1-13,22H,14-19H2. The lowest BCUT2D eigenvalue weighted by Crippen LogP contribution is -2.44. The van der Waals surface area contributed by atoms with Gasteiger partial charge in [-0.2, -0.15) is 4.31 Å². The van der Waals surface area contributed by atoms with Gasteiger partial charge in [-0.3, -0.25) is 4.79 Å². The van der Waals surface area contributed by atoms with Crippen LogP contribution in [0.25, 0.3) is 0 Å². The van der Waals surface area contributed by atoms with Crippen LogP contribution in [-0.2, 0) is 27.9 Å². The summed E-state index contributed by atoms with van der Waals surface area (Å²) in [4.78, 5) is 15.8. The van der Waals surface area contributed by atoms with Crippen molar-refractivity contribution in [2.45, 2.75) is 30.8 Å². The molecule has 3 aromatic carbocycles. The maximum absolute atomic E-state index is 13.6. The highest BCUT2D eigenvalue weighted by Gasteiger charge is 2.34. The lowest BCUT2D eigenvalue weighted by atomic mass is 9.96. The predicted molar refractivity (Wildman–Crippen MR) is 140 cm³/mol. The average molecular weight is 606 g/mol. The molecule has 0 atom stereocenters. The fourth-order valence-electron chi connectivity index (χ4n) is 4.18. The van der Waals surface area contributed by atoms with E-state index in [9.17, 15) is 13.2 Å². The molecule has 0 unspecified atom stereocenters. The van der Waals surface area contributed by atoms with Crippen LogP contribution in [-0.4, -0.2) is 36.6 Å². The van der Waals surface area contributed by atoms with Crippen LogP contribution >= 0.6 is 31.9 Å². The Hall–Kier alpha value is -2.00. The number of carbonyl (C=O) groups is 1. The summed E-state index contributed by atoms with van der Waals surface area (Å²) in [7, 11) is -3.57. The van der Waals surface area contributed by atoms with E-state index in [2.05, 4.69) is 31.9 Å². The first kappa shape index (κ1) is 25.1. The fourth-order valence-corrected chi connectivity index (χ4v) is 6.18. The third-order valence-corrected chi connectivity index (χ3v) is 9.04. The molecule has 0 spiro atoms. The summed E-state index contributed by atoms with van der Waals surface area (Å²) in [6.07, 6.45) is 1.03. The van der Waals surface area contributed by atoms with Gasteiger partial charge in [0.2, 0.25) is 15.9 Å². The van der Waals surface area contributed by atoms with Crippen molar-refractivity contribution in [2.75, 3.05) is 13.1 Å². The zero-order valence-corrected chi connectivity index (χ0v) is 22.6. The van der Waals surface area contributed by atoms with Crippen LogP contribution in [0.2, 0.25) is 0 Å². The molecule has 0 aliphatic carbocycles. The molecule has 178 valence electrons. The zero-order valence-electron chi connectivity index (χ0n) is 18.6. The first-order chi connectivity index (χ1) is 16.3. The summed E-state index contributed by atoms with van der Waals surface area (Å²) < 4.78 is 29.4. The molecule has 0 radical (unpaired) electrons. The molecule has 1 fully saturated rings. The Labute approximate surface area is 218 Å². The van der Waals surface area contributed by atoms with Crippen molar-refractivity contribution in [1.82, 2.24) is 9.21 Å². The molecular weight excluding hydrogens is 580 g/mol. The minimum atomic E-state index is -3.57. The van der Waals surface area contributed by atoms with Gasteiger partial charge in [0.25, 0.3) is 0 Å². The third kappa shape index (κ3) is 6.16. The summed E-state index contributed by atoms with van der Waals surface area (Å²) in [6, 6.07) is 24.6. The van der Waals surface area contributed by atoms with Crippen molar-refractivity contribution >= 4 is 47.8 Å². The maximum atomic E-state index is 13.6. The van der Waals surface area contributed by atoms with Crippen LogP contribution in [0.1, 0.15) is 24.0 Å².